The molecule has 2 heterocycles. The first-order valence-electron chi connectivity index (χ1n) is 6.60. The predicted molar refractivity (Wildman–Crippen MR) is 65.7 cm³/mol. The van der Waals surface area contributed by atoms with Crippen LogP contribution in [-0.2, 0) is 9.53 Å². The van der Waals surface area contributed by atoms with Crippen molar-refractivity contribution in [2.24, 2.45) is 5.92 Å². The van der Waals surface area contributed by atoms with Gasteiger partial charge in [-0.05, 0) is 12.8 Å². The Morgan fingerprint density at radius 2 is 2.11 bits per heavy atom. The number of aliphatic hydroxyl groups excluding tert-OH is 1. The molecule has 19 heavy (non-hydrogen) atoms. The van der Waals surface area contributed by atoms with Gasteiger partial charge in [0.05, 0.1) is 31.8 Å². The van der Waals surface area contributed by atoms with Gasteiger partial charge in [-0.1, -0.05) is 0 Å². The molecule has 0 radical (unpaired) electrons. The summed E-state index contributed by atoms with van der Waals surface area (Å²) in [5.41, 5.74) is 0. The van der Waals surface area contributed by atoms with Crippen molar-refractivity contribution >= 4 is 12.0 Å². The Morgan fingerprint density at radius 1 is 1.32 bits per heavy atom. The second kappa shape index (κ2) is 6.21. The molecule has 108 valence electrons. The number of ether oxygens (including phenoxy) is 1. The second-order valence-electron chi connectivity index (χ2n) is 5.01. The number of urea groups is 1. The molecule has 2 unspecified atom stereocenters. The number of carboxylic acid groups (broad SMARTS) is 1. The fourth-order valence-corrected chi connectivity index (χ4v) is 2.59. The van der Waals surface area contributed by atoms with E-state index in [1.165, 1.54) is 0 Å². The molecule has 0 saturated carbocycles. The number of aliphatic carboxylic acids is 1. The number of nitrogens with zero attached hydrogens (tertiary/aromatic N) is 2. The van der Waals surface area contributed by atoms with Crippen LogP contribution in [0.1, 0.15) is 12.8 Å². The molecule has 2 N–H and O–H groups in total. The Balaban J connectivity index is 1.99. The summed E-state index contributed by atoms with van der Waals surface area (Å²) in [4.78, 5) is 26.6. The molecule has 2 aliphatic rings. The van der Waals surface area contributed by atoms with Gasteiger partial charge >= 0.3 is 12.0 Å². The van der Waals surface area contributed by atoms with Crippen LogP contribution in [0.3, 0.4) is 0 Å². The summed E-state index contributed by atoms with van der Waals surface area (Å²) in [6, 6.07) is -0.514. The average Bonchev–Trinajstić information content (AvgIpc) is 2.46. The van der Waals surface area contributed by atoms with Crippen LogP contribution in [0.2, 0.25) is 0 Å². The van der Waals surface area contributed by atoms with Crippen molar-refractivity contribution in [3.8, 4) is 0 Å². The van der Waals surface area contributed by atoms with Gasteiger partial charge in [0.2, 0.25) is 0 Å². The summed E-state index contributed by atoms with van der Waals surface area (Å²) in [7, 11) is 0. The zero-order valence-corrected chi connectivity index (χ0v) is 10.8. The highest BCUT2D eigenvalue weighted by molar-refractivity contribution is 5.77. The fourth-order valence-electron chi connectivity index (χ4n) is 2.59. The molecule has 7 nitrogen and oxygen atoms in total. The van der Waals surface area contributed by atoms with Crippen molar-refractivity contribution in [3.63, 3.8) is 0 Å². The van der Waals surface area contributed by atoms with E-state index in [4.69, 9.17) is 9.84 Å². The Hall–Kier alpha value is -1.34. The van der Waals surface area contributed by atoms with E-state index in [1.54, 1.807) is 9.80 Å². The molecule has 0 aromatic carbocycles. The Kier molecular flexibility index (Phi) is 4.60. The SMILES string of the molecule is O=C(O)C1CCCN(C(=O)N2CCOCC2CO)C1. The zero-order chi connectivity index (χ0) is 13.8. The van der Waals surface area contributed by atoms with E-state index in [0.29, 0.717) is 39.1 Å². The molecule has 0 spiro atoms. The number of likely N-dealkylation sites (tertiary alicyclic amines) is 1. The first-order chi connectivity index (χ1) is 9.13. The lowest BCUT2D eigenvalue weighted by Crippen LogP contribution is -2.56. The summed E-state index contributed by atoms with van der Waals surface area (Å²) >= 11 is 0. The molecular formula is C12H20N2O5. The number of rotatable bonds is 2. The second-order valence-corrected chi connectivity index (χ2v) is 5.01. The standard InChI is InChI=1S/C12H20N2O5/c15-7-10-8-19-5-4-14(10)12(18)13-3-1-2-9(6-13)11(16)17/h9-10,15H,1-8H2,(H,16,17). The monoisotopic (exact) mass is 272 g/mol. The van der Waals surface area contributed by atoms with Crippen LogP contribution in [0.25, 0.3) is 0 Å². The smallest absolute Gasteiger partial charge is 0.320 e. The number of aliphatic hydroxyl groups is 1. The number of piperidine rings is 1. The van der Waals surface area contributed by atoms with Gasteiger partial charge in [-0.3, -0.25) is 4.79 Å². The predicted octanol–water partition coefficient (Wildman–Crippen LogP) is -0.404. The molecule has 0 aromatic rings. The van der Waals surface area contributed by atoms with E-state index in [9.17, 15) is 14.7 Å². The summed E-state index contributed by atoms with van der Waals surface area (Å²) in [5.74, 6) is -1.33. The minimum atomic E-state index is -0.849. The number of morpholine rings is 1. The maximum Gasteiger partial charge on any atom is 0.320 e. The lowest BCUT2D eigenvalue weighted by Gasteiger charge is -2.40. The van der Waals surface area contributed by atoms with Gasteiger partial charge in [0.1, 0.15) is 0 Å². The minimum absolute atomic E-state index is 0.137. The normalized spacial score (nSPS) is 28.3. The maximum absolute atomic E-state index is 12.4. The highest BCUT2D eigenvalue weighted by atomic mass is 16.5. The fraction of sp³-hybridized carbons (Fsp3) is 0.833. The van der Waals surface area contributed by atoms with Gasteiger partial charge < -0.3 is 24.7 Å². The van der Waals surface area contributed by atoms with Crippen molar-refractivity contribution in [1.29, 1.82) is 0 Å². The molecule has 2 rings (SSSR count). The van der Waals surface area contributed by atoms with E-state index >= 15 is 0 Å². The third kappa shape index (κ3) is 3.16. The van der Waals surface area contributed by atoms with E-state index < -0.39 is 11.9 Å². The van der Waals surface area contributed by atoms with Crippen molar-refractivity contribution in [2.45, 2.75) is 18.9 Å². The lowest BCUT2D eigenvalue weighted by molar-refractivity contribution is -0.143. The summed E-state index contributed by atoms with van der Waals surface area (Å²) in [5, 5.41) is 18.3. The zero-order valence-electron chi connectivity index (χ0n) is 10.8. The lowest BCUT2D eigenvalue weighted by atomic mass is 9.98. The van der Waals surface area contributed by atoms with Crippen molar-refractivity contribution < 1.29 is 24.5 Å². The summed E-state index contributed by atoms with van der Waals surface area (Å²) in [6.07, 6.45) is 1.32. The van der Waals surface area contributed by atoms with Crippen molar-refractivity contribution in [1.82, 2.24) is 9.80 Å². The number of carbonyl (C=O) groups is 2. The van der Waals surface area contributed by atoms with Crippen LogP contribution >= 0.6 is 0 Å². The highest BCUT2D eigenvalue weighted by Crippen LogP contribution is 2.19. The highest BCUT2D eigenvalue weighted by Gasteiger charge is 2.34. The van der Waals surface area contributed by atoms with Gasteiger partial charge in [-0.2, -0.15) is 0 Å². The third-order valence-electron chi connectivity index (χ3n) is 3.73. The molecule has 7 heteroatoms. The largest absolute Gasteiger partial charge is 0.481 e. The van der Waals surface area contributed by atoms with Crippen LogP contribution in [-0.4, -0.2) is 77.5 Å². The van der Waals surface area contributed by atoms with Gasteiger partial charge in [0.15, 0.2) is 0 Å². The number of amides is 2. The average molecular weight is 272 g/mol. The number of carboxylic acids is 1. The van der Waals surface area contributed by atoms with E-state index in [2.05, 4.69) is 0 Å². The summed E-state index contributed by atoms with van der Waals surface area (Å²) < 4.78 is 5.23. The maximum atomic E-state index is 12.4. The molecule has 0 bridgehead atoms. The van der Waals surface area contributed by atoms with Crippen LogP contribution in [0, 0.1) is 5.92 Å². The molecular weight excluding hydrogens is 252 g/mol. The van der Waals surface area contributed by atoms with Gasteiger partial charge in [0, 0.05) is 19.6 Å². The molecule has 0 aliphatic carbocycles. The van der Waals surface area contributed by atoms with Crippen LogP contribution in [0.5, 0.6) is 0 Å². The van der Waals surface area contributed by atoms with Crippen LogP contribution in [0.15, 0.2) is 0 Å². The van der Waals surface area contributed by atoms with Gasteiger partial charge in [-0.25, -0.2) is 4.79 Å². The van der Waals surface area contributed by atoms with Crippen molar-refractivity contribution in [3.05, 3.63) is 0 Å². The van der Waals surface area contributed by atoms with Gasteiger partial charge in [0.25, 0.3) is 0 Å². The Morgan fingerprint density at radius 3 is 2.79 bits per heavy atom. The molecule has 2 atom stereocenters. The van der Waals surface area contributed by atoms with E-state index in [1.807, 2.05) is 0 Å². The Bertz CT molecular complexity index is 349. The quantitative estimate of drug-likeness (QED) is 0.713. The summed E-state index contributed by atoms with van der Waals surface area (Å²) in [6.45, 7) is 1.93. The van der Waals surface area contributed by atoms with Crippen molar-refractivity contribution in [2.75, 3.05) is 39.5 Å². The number of hydrogen-bond donors (Lipinski definition) is 2. The molecule has 2 amide bonds. The molecule has 2 saturated heterocycles. The third-order valence-corrected chi connectivity index (χ3v) is 3.73. The Labute approximate surface area is 111 Å². The molecule has 2 fully saturated rings. The first kappa shape index (κ1) is 14.1. The van der Waals surface area contributed by atoms with E-state index in [-0.39, 0.29) is 25.2 Å². The molecule has 0 aromatic heterocycles. The molecule has 2 aliphatic heterocycles. The number of hydrogen-bond acceptors (Lipinski definition) is 4. The van der Waals surface area contributed by atoms with E-state index in [0.717, 1.165) is 0 Å². The minimum Gasteiger partial charge on any atom is -0.481 e. The topological polar surface area (TPSA) is 90.3 Å². The van der Waals surface area contributed by atoms with Crippen LogP contribution < -0.4 is 0 Å². The number of carbonyl (C=O) groups excluding carboxylic acids is 1. The van der Waals surface area contributed by atoms with Gasteiger partial charge in [-0.15, -0.1) is 0 Å². The first-order valence-corrected chi connectivity index (χ1v) is 6.60. The van der Waals surface area contributed by atoms with Crippen LogP contribution in [0.4, 0.5) is 4.79 Å².